The summed E-state index contributed by atoms with van der Waals surface area (Å²) in [5.41, 5.74) is -1.58. The fourth-order valence-electron chi connectivity index (χ4n) is 5.98. The lowest BCUT2D eigenvalue weighted by molar-refractivity contribution is -0.139. The van der Waals surface area contributed by atoms with Crippen LogP contribution in [0.3, 0.4) is 0 Å². The predicted octanol–water partition coefficient (Wildman–Crippen LogP) is 11.6. The zero-order chi connectivity index (χ0) is 36.3. The maximum atomic E-state index is 14.0. The third-order valence-corrected chi connectivity index (χ3v) is 11.6. The molecule has 0 atom stereocenters. The second-order valence-electron chi connectivity index (χ2n) is 13.6. The Kier molecular flexibility index (Phi) is 32.7. The molecule has 0 aliphatic rings. The van der Waals surface area contributed by atoms with Crippen molar-refractivity contribution in [2.75, 3.05) is 21.1 Å². The summed E-state index contributed by atoms with van der Waals surface area (Å²) in [7, 11) is 0.393. The van der Waals surface area contributed by atoms with E-state index in [1.807, 2.05) is 0 Å². The van der Waals surface area contributed by atoms with E-state index in [0.717, 1.165) is 64.2 Å². The molecule has 0 rings (SSSR count). The number of nitrogens with one attached hydrogen (secondary N) is 3. The van der Waals surface area contributed by atoms with Crippen LogP contribution in [0.2, 0.25) is 0 Å². The first-order valence-electron chi connectivity index (χ1n) is 20.3. The molecule has 0 aromatic heterocycles. The van der Waals surface area contributed by atoms with Gasteiger partial charge in [-0.3, -0.25) is 25.5 Å². The zero-order valence-corrected chi connectivity index (χ0v) is 33.5. The van der Waals surface area contributed by atoms with Gasteiger partial charge in [0.05, 0.1) is 0 Å². The molecular weight excluding hydrogens is 633 g/mol. The maximum absolute atomic E-state index is 14.0. The molecule has 0 amide bonds. The quantitative estimate of drug-likeness (QED) is 0.0255. The Morgan fingerprint density at radius 2 is 0.735 bits per heavy atom. The van der Waals surface area contributed by atoms with Crippen LogP contribution in [0.25, 0.3) is 0 Å². The van der Waals surface area contributed by atoms with Crippen molar-refractivity contribution in [3.8, 4) is 0 Å². The SMILES string of the molecule is CCCCCCCC/C=C\CCCCCCCC(=O)OP(=O)(OC(=O)CCCCCCC/C=C\CCCCCCCC)C(NC)(NC)NC. The topological polar surface area (TPSA) is 106 Å². The van der Waals surface area contributed by atoms with E-state index >= 15 is 0 Å². The lowest BCUT2D eigenvalue weighted by atomic mass is 10.1. The highest BCUT2D eigenvalue weighted by atomic mass is 31.2. The lowest BCUT2D eigenvalue weighted by Gasteiger charge is -2.36. The molecule has 0 spiro atoms. The number of allylic oxidation sites excluding steroid dienone is 4. The fraction of sp³-hybridized carbons (Fsp3) is 0.850. The van der Waals surface area contributed by atoms with Crippen LogP contribution in [-0.4, -0.2) is 38.6 Å². The van der Waals surface area contributed by atoms with Crippen LogP contribution in [0.5, 0.6) is 0 Å². The van der Waals surface area contributed by atoms with Crippen LogP contribution in [0.15, 0.2) is 24.3 Å². The van der Waals surface area contributed by atoms with E-state index < -0.39 is 25.1 Å². The molecule has 0 aliphatic heterocycles. The summed E-state index contributed by atoms with van der Waals surface area (Å²) in [6.07, 6.45) is 39.7. The minimum absolute atomic E-state index is 0.126. The molecule has 0 unspecified atom stereocenters. The number of hydrogen-bond acceptors (Lipinski definition) is 8. The van der Waals surface area contributed by atoms with Gasteiger partial charge in [-0.25, -0.2) is 4.57 Å². The van der Waals surface area contributed by atoms with Crippen LogP contribution in [0.4, 0.5) is 0 Å². The van der Waals surface area contributed by atoms with Gasteiger partial charge in [0, 0.05) is 12.8 Å². The van der Waals surface area contributed by atoms with Crippen molar-refractivity contribution in [1.29, 1.82) is 0 Å². The van der Waals surface area contributed by atoms with E-state index in [9.17, 15) is 14.2 Å². The molecule has 8 nitrogen and oxygen atoms in total. The minimum Gasteiger partial charge on any atom is -0.380 e. The van der Waals surface area contributed by atoms with Crippen molar-refractivity contribution in [2.45, 2.75) is 199 Å². The van der Waals surface area contributed by atoms with E-state index in [2.05, 4.69) is 54.1 Å². The largest absolute Gasteiger partial charge is 0.485 e. The Bertz CT molecular complexity index is 825. The normalized spacial score (nSPS) is 12.3. The molecular formula is C40H78N3O5P. The molecule has 3 N–H and O–H groups in total. The predicted molar refractivity (Wildman–Crippen MR) is 209 cm³/mol. The highest BCUT2D eigenvalue weighted by molar-refractivity contribution is 7.56. The first kappa shape index (κ1) is 47.5. The summed E-state index contributed by atoms with van der Waals surface area (Å²) >= 11 is 0. The smallest absolute Gasteiger partial charge is 0.380 e. The van der Waals surface area contributed by atoms with Crippen LogP contribution in [-0.2, 0) is 23.2 Å². The van der Waals surface area contributed by atoms with Gasteiger partial charge >= 0.3 is 19.5 Å². The summed E-state index contributed by atoms with van der Waals surface area (Å²) in [6, 6.07) is 0. The highest BCUT2D eigenvalue weighted by Crippen LogP contribution is 2.56. The van der Waals surface area contributed by atoms with Crippen LogP contribution in [0, 0.1) is 0 Å². The molecule has 9 heteroatoms. The number of rotatable bonds is 36. The highest BCUT2D eigenvalue weighted by Gasteiger charge is 2.53. The lowest BCUT2D eigenvalue weighted by Crippen LogP contribution is -2.63. The van der Waals surface area contributed by atoms with Gasteiger partial charge in [-0.15, -0.1) is 0 Å². The van der Waals surface area contributed by atoms with Gasteiger partial charge in [0.1, 0.15) is 0 Å². The van der Waals surface area contributed by atoms with Crippen molar-refractivity contribution in [1.82, 2.24) is 16.0 Å². The monoisotopic (exact) mass is 712 g/mol. The molecule has 0 aromatic rings. The molecule has 0 aromatic carbocycles. The second kappa shape index (κ2) is 33.7. The van der Waals surface area contributed by atoms with Gasteiger partial charge in [0.25, 0.3) is 5.53 Å². The Labute approximate surface area is 302 Å². The number of unbranched alkanes of at least 4 members (excludes halogenated alkanes) is 22. The van der Waals surface area contributed by atoms with Gasteiger partial charge in [0.15, 0.2) is 0 Å². The number of carbonyl (C=O) groups excluding carboxylic acids is 2. The third-order valence-electron chi connectivity index (χ3n) is 9.23. The third kappa shape index (κ3) is 25.2. The number of carbonyl (C=O) groups is 2. The summed E-state index contributed by atoms with van der Waals surface area (Å²) < 4.78 is 24.9. The summed E-state index contributed by atoms with van der Waals surface area (Å²) in [4.78, 5) is 25.6. The molecule has 0 aliphatic carbocycles. The number of hydrogen-bond donors (Lipinski definition) is 3. The Hall–Kier alpha value is -1.47. The molecule has 0 heterocycles. The van der Waals surface area contributed by atoms with Gasteiger partial charge in [-0.1, -0.05) is 141 Å². The van der Waals surface area contributed by atoms with Crippen molar-refractivity contribution < 1.29 is 23.2 Å². The summed E-state index contributed by atoms with van der Waals surface area (Å²) in [6.45, 7) is 4.50. The van der Waals surface area contributed by atoms with Crippen LogP contribution in [0.1, 0.15) is 194 Å². The molecule has 0 saturated carbocycles. The van der Waals surface area contributed by atoms with Gasteiger partial charge in [-0.05, 0) is 85.4 Å². The summed E-state index contributed by atoms with van der Waals surface area (Å²) in [5, 5.41) is 8.58. The average molecular weight is 712 g/mol. The molecule has 0 radical (unpaired) electrons. The molecule has 0 saturated heterocycles. The van der Waals surface area contributed by atoms with E-state index in [1.54, 1.807) is 21.1 Å². The molecule has 0 fully saturated rings. The fourth-order valence-corrected chi connectivity index (χ4v) is 7.83. The van der Waals surface area contributed by atoms with E-state index in [-0.39, 0.29) is 12.8 Å². The standard InChI is InChI=1S/C40H78N3O5P/c1-6-8-10-12-14-16-18-20-22-24-26-28-30-32-34-36-38(44)47-49(46,40(41-3,42-4)43-5)48-39(45)37-35-33-31-29-27-25-23-21-19-17-15-13-11-9-7-2/h20-23,41-43H,6-19,24-37H2,1-5H3/b22-20-,23-21-. The van der Waals surface area contributed by atoms with E-state index in [1.165, 1.54) is 89.9 Å². The second-order valence-corrected chi connectivity index (χ2v) is 15.6. The van der Waals surface area contributed by atoms with Gasteiger partial charge < -0.3 is 9.05 Å². The molecule has 49 heavy (non-hydrogen) atoms. The van der Waals surface area contributed by atoms with E-state index in [0.29, 0.717) is 12.8 Å². The van der Waals surface area contributed by atoms with Gasteiger partial charge in [-0.2, -0.15) is 0 Å². The van der Waals surface area contributed by atoms with Crippen molar-refractivity contribution in [3.05, 3.63) is 24.3 Å². The Morgan fingerprint density at radius 1 is 0.469 bits per heavy atom. The molecule has 0 bridgehead atoms. The Balaban J connectivity index is 4.33. The first-order valence-corrected chi connectivity index (χ1v) is 21.8. The van der Waals surface area contributed by atoms with Crippen molar-refractivity contribution in [2.24, 2.45) is 0 Å². The first-order chi connectivity index (χ1) is 23.8. The minimum atomic E-state index is -4.30. The van der Waals surface area contributed by atoms with Gasteiger partial charge in [0.2, 0.25) is 0 Å². The summed E-state index contributed by atoms with van der Waals surface area (Å²) in [5.74, 6) is -1.25. The van der Waals surface area contributed by atoms with Crippen molar-refractivity contribution >= 4 is 19.5 Å². The average Bonchev–Trinajstić information content (AvgIpc) is 3.09. The van der Waals surface area contributed by atoms with E-state index in [4.69, 9.17) is 9.05 Å². The van der Waals surface area contributed by atoms with Crippen molar-refractivity contribution in [3.63, 3.8) is 0 Å². The zero-order valence-electron chi connectivity index (χ0n) is 32.6. The van der Waals surface area contributed by atoms with Crippen LogP contribution >= 0.6 is 7.60 Å². The Morgan fingerprint density at radius 3 is 1.02 bits per heavy atom. The molecule has 288 valence electrons. The van der Waals surface area contributed by atoms with Crippen LogP contribution < -0.4 is 16.0 Å². The maximum Gasteiger partial charge on any atom is 0.485 e.